The zero-order chi connectivity index (χ0) is 102. The van der Waals surface area contributed by atoms with Crippen molar-refractivity contribution in [3.8, 4) is 11.5 Å². The number of carboxylic acid groups (broad SMARTS) is 3. The van der Waals surface area contributed by atoms with Crippen molar-refractivity contribution in [3.05, 3.63) is 130 Å². The highest BCUT2D eigenvalue weighted by molar-refractivity contribution is 6.21. The van der Waals surface area contributed by atoms with E-state index in [1.807, 2.05) is 0 Å². The van der Waals surface area contributed by atoms with Gasteiger partial charge < -0.3 is 88.9 Å². The van der Waals surface area contributed by atoms with E-state index in [-0.39, 0.29) is 79.2 Å². The monoisotopic (exact) mass is 1900 g/mol. The minimum atomic E-state index is -2.01. The van der Waals surface area contributed by atoms with Crippen molar-refractivity contribution < 1.29 is 142 Å². The van der Waals surface area contributed by atoms with Gasteiger partial charge >= 0.3 is 17.9 Å². The molecule has 38 nitrogen and oxygen atoms in total. The number of phenolic OH excluding ortho intramolecular Hbond substituents is 2. The number of phenols is 2. The van der Waals surface area contributed by atoms with Crippen LogP contribution in [-0.2, 0) is 106 Å². The number of benzene rings is 4. The lowest BCUT2D eigenvalue weighted by Gasteiger charge is -2.28. The molecule has 1 aliphatic rings. The van der Waals surface area contributed by atoms with Crippen LogP contribution in [-0.4, -0.2) is 250 Å². The fourth-order valence-electron chi connectivity index (χ4n) is 15.8. The molecule has 4 aromatic rings. The first-order valence-corrected chi connectivity index (χ1v) is 45.8. The molecule has 136 heavy (non-hydrogen) atoms. The number of carbonyl (C=O) groups excluding carboxylic acids is 17. The summed E-state index contributed by atoms with van der Waals surface area (Å²) in [6.07, 6.45) is -11.0. The Hall–Kier alpha value is -12.5. The van der Waals surface area contributed by atoms with E-state index in [2.05, 4.69) is 37.2 Å². The van der Waals surface area contributed by atoms with Crippen molar-refractivity contribution in [1.29, 1.82) is 0 Å². The molecule has 0 saturated heterocycles. The molecule has 9 amide bonds. The quantitative estimate of drug-likeness (QED) is 0.0169. The van der Waals surface area contributed by atoms with Gasteiger partial charge in [0.15, 0.2) is 34.7 Å². The average Bonchev–Trinajstić information content (AvgIpc) is 1.63. The van der Waals surface area contributed by atoms with Crippen LogP contribution >= 0.6 is 0 Å². The maximum Gasteiger partial charge on any atom is 0.304 e. The number of aryl methyl sites for hydroxylation is 1. The van der Waals surface area contributed by atoms with Gasteiger partial charge in [0.05, 0.1) is 115 Å². The van der Waals surface area contributed by atoms with Crippen molar-refractivity contribution in [2.75, 3.05) is 32.8 Å². The standard InChI is InChI=1S/C98H133N9O29/c1-11-55(5)88(82(119)43-63(38-60-23-28-67(112)29-24-60)91(130)102-74(36-53(2)3)78(115)41-64(46-86(124)125)90(129)101-56(6)18-15-16-34-99)106-93(132)66(51-108)44-79(116)75(40-61-25-30-68(113)31-26-61)103-92(131)65(47-87(126)127)42-80(117)77(52-109)105-95(134)72(58(8)111)49-81(118)76(39-59-19-13-12-14-20-59)104-94(133)71(57(7)110)48-69(114)50-100-89(128)62(27-33-85(122)123)45-84(121)98(9,10)83(120)21-17-35-107-96(135)70-32-22-54(4)37-73(70)97(107)136/h12-14,19-20,22-26,28-32,37,53,55-58,62-66,71-72,74-77,88,108-113H,11,15-18,21,27,33-36,38-52,99H2,1-10H3,(H,100,128)(H,101,129)(H,102,130)(H,103,131)(H,104,133)(H,105,134)(H,106,132)(H,122,123)(H,124,125)(H,126,127)/t55-,56+,57+,58+,62+,63+,64-,65-,66-,71-,72-,74-,75-,76-,77-,88-/m0/s1. The van der Waals surface area contributed by atoms with Gasteiger partial charge in [-0.25, -0.2) is 0 Å². The van der Waals surface area contributed by atoms with Crippen LogP contribution in [0.1, 0.15) is 221 Å². The Morgan fingerprint density at radius 3 is 1.43 bits per heavy atom. The largest absolute Gasteiger partial charge is 0.508 e. The summed E-state index contributed by atoms with van der Waals surface area (Å²) in [6, 6.07) is 15.1. The van der Waals surface area contributed by atoms with Gasteiger partial charge in [0, 0.05) is 82.2 Å². The lowest BCUT2D eigenvalue weighted by Crippen LogP contribution is -2.52. The molecule has 0 bridgehead atoms. The van der Waals surface area contributed by atoms with Gasteiger partial charge in [-0.15, -0.1) is 0 Å². The van der Waals surface area contributed by atoms with Crippen molar-refractivity contribution in [1.82, 2.24) is 42.1 Å². The Morgan fingerprint density at radius 1 is 0.434 bits per heavy atom. The minimum absolute atomic E-state index is 0.0152. The molecule has 16 atom stereocenters. The van der Waals surface area contributed by atoms with Crippen molar-refractivity contribution >= 4 is 117 Å². The first kappa shape index (κ1) is 114. The van der Waals surface area contributed by atoms with Crippen LogP contribution in [0.5, 0.6) is 11.5 Å². The Balaban J connectivity index is 1.30. The van der Waals surface area contributed by atoms with E-state index in [4.69, 9.17) is 5.73 Å². The number of unbranched alkanes of at least 4 members (excludes halogenated alkanes) is 1. The maximum atomic E-state index is 14.9. The number of ketones is 8. The van der Waals surface area contributed by atoms with E-state index >= 15 is 0 Å². The summed E-state index contributed by atoms with van der Waals surface area (Å²) in [7, 11) is 0. The SMILES string of the molecule is CC[C@H](C)[C@H](NC(=O)[C@H](CO)CC(=O)[C@H](Cc1ccc(O)cc1)NC(=O)[C@H](CC(=O)O)CC(=O)[C@H](CO)NC(=O)[C@@H](CC(=O)[C@H](Cc1ccccc1)NC(=O)[C@@H](CC(=O)CNC(=O)[C@H](CCC(=O)O)CC(=O)C(C)(C)C(=O)CCCN1C(=O)c2ccc(C)cc2C1=O)[C@@H](C)O)[C@@H](C)O)C(=O)C[C@@H](Cc1ccc(O)cc1)C(=O)N[C@@H](CC(C)C)C(=O)C[C@@H](CC(=O)O)C(=O)N[C@H](C)CCCCN. The van der Waals surface area contributed by atoms with Crippen molar-refractivity contribution in [2.45, 2.75) is 253 Å². The number of imide groups is 1. The number of aliphatic carboxylic acids is 3. The molecular formula is C98H133N9O29. The second-order valence-corrected chi connectivity index (χ2v) is 36.4. The van der Waals surface area contributed by atoms with Crippen LogP contribution in [0.4, 0.5) is 0 Å². The number of fused-ring (bicyclic) bond motifs is 1. The third kappa shape index (κ3) is 36.6. The number of hydrogen-bond donors (Lipinski definition) is 17. The van der Waals surface area contributed by atoms with Gasteiger partial charge in [-0.05, 0) is 164 Å². The number of hydrogen-bond acceptors (Lipinski definition) is 27. The molecule has 0 saturated carbocycles. The zero-order valence-electron chi connectivity index (χ0n) is 78.7. The highest BCUT2D eigenvalue weighted by atomic mass is 16.4. The number of carbonyl (C=O) groups is 20. The van der Waals surface area contributed by atoms with E-state index in [1.54, 1.807) is 84.0 Å². The van der Waals surface area contributed by atoms with E-state index in [9.17, 15) is 142 Å². The van der Waals surface area contributed by atoms with Gasteiger partial charge in [-0.2, -0.15) is 0 Å². The summed E-state index contributed by atoms with van der Waals surface area (Å²) in [5.74, 6) is -31.9. The van der Waals surface area contributed by atoms with Gasteiger partial charge in [0.1, 0.15) is 29.1 Å². The summed E-state index contributed by atoms with van der Waals surface area (Å²) in [5, 5.41) is 111. The summed E-state index contributed by atoms with van der Waals surface area (Å²) in [4.78, 5) is 277. The molecule has 0 aromatic heterocycles. The summed E-state index contributed by atoms with van der Waals surface area (Å²) in [5.41, 5.74) is 6.17. The molecule has 4 aromatic carbocycles. The summed E-state index contributed by atoms with van der Waals surface area (Å²) >= 11 is 0. The molecule has 744 valence electrons. The zero-order valence-corrected chi connectivity index (χ0v) is 78.7. The highest BCUT2D eigenvalue weighted by Crippen LogP contribution is 2.31. The number of rotatable bonds is 65. The van der Waals surface area contributed by atoms with Crippen LogP contribution < -0.4 is 43.0 Å². The Morgan fingerprint density at radius 2 is 0.904 bits per heavy atom. The van der Waals surface area contributed by atoms with Crippen LogP contribution in [0.3, 0.4) is 0 Å². The topological polar surface area (TPSA) is 637 Å². The molecule has 0 fully saturated rings. The predicted molar refractivity (Wildman–Crippen MR) is 491 cm³/mol. The molecule has 0 aliphatic carbocycles. The van der Waals surface area contributed by atoms with E-state index in [0.717, 1.165) is 24.3 Å². The molecule has 1 aliphatic heterocycles. The fourth-order valence-corrected chi connectivity index (χ4v) is 15.8. The van der Waals surface area contributed by atoms with Crippen LogP contribution in [0.25, 0.3) is 0 Å². The van der Waals surface area contributed by atoms with E-state index in [1.165, 1.54) is 68.4 Å². The average molecular weight is 1900 g/mol. The molecular weight excluding hydrogens is 1770 g/mol. The number of aliphatic hydroxyl groups is 4. The number of nitrogens with zero attached hydrogens (tertiary/aromatic N) is 1. The smallest absolute Gasteiger partial charge is 0.304 e. The molecule has 5 rings (SSSR count). The van der Waals surface area contributed by atoms with Crippen molar-refractivity contribution in [2.24, 2.45) is 64.4 Å². The number of aliphatic hydroxyl groups excluding tert-OH is 4. The second-order valence-electron chi connectivity index (χ2n) is 36.4. The maximum absolute atomic E-state index is 14.9. The third-order valence-corrected chi connectivity index (χ3v) is 24.4. The number of nitrogens with two attached hydrogens (primary N) is 1. The van der Waals surface area contributed by atoms with Gasteiger partial charge in [0.2, 0.25) is 41.4 Å². The van der Waals surface area contributed by atoms with Crippen LogP contribution in [0.15, 0.2) is 97.1 Å². The van der Waals surface area contributed by atoms with Gasteiger partial charge in [-0.1, -0.05) is 107 Å². The first-order chi connectivity index (χ1) is 64.0. The predicted octanol–water partition coefficient (Wildman–Crippen LogP) is 3.96. The number of carboxylic acids is 3. The van der Waals surface area contributed by atoms with Gasteiger partial charge in [0.25, 0.3) is 11.8 Å². The van der Waals surface area contributed by atoms with Crippen molar-refractivity contribution in [3.63, 3.8) is 0 Å². The minimum Gasteiger partial charge on any atom is -0.508 e. The Kier molecular flexibility index (Phi) is 46.5. The Labute approximate surface area is 789 Å². The highest BCUT2D eigenvalue weighted by Gasteiger charge is 2.44. The summed E-state index contributed by atoms with van der Waals surface area (Å²) in [6.45, 7) is 12.3. The molecule has 1 heterocycles. The summed E-state index contributed by atoms with van der Waals surface area (Å²) < 4.78 is 0. The molecule has 38 heteroatoms. The molecule has 0 spiro atoms. The fraction of sp³-hybridized carbons (Fsp3) is 0.551. The third-order valence-electron chi connectivity index (χ3n) is 24.4. The van der Waals surface area contributed by atoms with E-state index in [0.29, 0.717) is 36.9 Å². The first-order valence-electron chi connectivity index (χ1n) is 45.8. The second kappa shape index (κ2) is 55.5. The van der Waals surface area contributed by atoms with Crippen LogP contribution in [0.2, 0.25) is 0 Å². The molecule has 18 N–H and O–H groups in total. The lowest BCUT2D eigenvalue weighted by atomic mass is 9.77. The number of Topliss-reactive ketones (excluding diaryl/α,β-unsaturated/α-hetero) is 8. The number of amides is 9. The number of nitrogens with one attached hydrogen (secondary N) is 7. The normalized spacial score (nSPS) is 15.5. The molecule has 0 radical (unpaired) electrons. The lowest BCUT2D eigenvalue weighted by molar-refractivity contribution is -0.143. The van der Waals surface area contributed by atoms with Crippen LogP contribution in [0, 0.1) is 65.6 Å². The van der Waals surface area contributed by atoms with E-state index < -0.39 is 315 Å². The van der Waals surface area contributed by atoms with Gasteiger partial charge in [-0.3, -0.25) is 101 Å². The Bertz CT molecular complexity index is 4880. The molecule has 0 unspecified atom stereocenters. The number of aromatic hydroxyl groups is 2.